The van der Waals surface area contributed by atoms with Crippen LogP contribution in [0.1, 0.15) is 31.4 Å². The molecule has 0 spiro atoms. The summed E-state index contributed by atoms with van der Waals surface area (Å²) < 4.78 is 20.7. The molecule has 0 heterocycles. The zero-order valence-electron chi connectivity index (χ0n) is 21.8. The molecule has 0 saturated heterocycles. The van der Waals surface area contributed by atoms with Crippen LogP contribution in [0.2, 0.25) is 0 Å². The Labute approximate surface area is 223 Å². The Morgan fingerprint density at radius 2 is 1.58 bits per heavy atom. The first-order chi connectivity index (χ1) is 18.5. The first-order valence-electron chi connectivity index (χ1n) is 12.9. The molecule has 4 aromatic rings. The van der Waals surface area contributed by atoms with Gasteiger partial charge >= 0.3 is 0 Å². The third kappa shape index (κ3) is 6.76. The molecule has 0 aliphatic rings. The fourth-order valence-corrected chi connectivity index (χ4v) is 4.35. The van der Waals surface area contributed by atoms with Crippen LogP contribution < -0.4 is 10.1 Å². The Balaban J connectivity index is 1.66. The zero-order chi connectivity index (χ0) is 26.9. The lowest BCUT2D eigenvalue weighted by Crippen LogP contribution is -2.53. The van der Waals surface area contributed by atoms with Crippen molar-refractivity contribution in [3.8, 4) is 5.75 Å². The number of carbonyl (C=O) groups is 2. The fraction of sp³-hybridized carbons (Fsp3) is 0.250. The van der Waals surface area contributed by atoms with Gasteiger partial charge in [0, 0.05) is 30.0 Å². The summed E-state index contributed by atoms with van der Waals surface area (Å²) in [6.07, 6.45) is 1.03. The van der Waals surface area contributed by atoms with Gasteiger partial charge in [-0.25, -0.2) is 4.39 Å². The highest BCUT2D eigenvalue weighted by atomic mass is 19.1. The van der Waals surface area contributed by atoms with Gasteiger partial charge in [0.1, 0.15) is 17.6 Å². The molecule has 5 nitrogen and oxygen atoms in total. The van der Waals surface area contributed by atoms with Gasteiger partial charge in [-0.15, -0.1) is 0 Å². The van der Waals surface area contributed by atoms with Gasteiger partial charge in [-0.1, -0.05) is 91.9 Å². The molecular formula is C32H33FN2O3. The van der Waals surface area contributed by atoms with E-state index in [1.54, 1.807) is 18.2 Å². The molecule has 0 aromatic heterocycles. The Morgan fingerprint density at radius 3 is 2.34 bits per heavy atom. The van der Waals surface area contributed by atoms with Crippen molar-refractivity contribution in [3.05, 3.63) is 114 Å². The molecule has 4 aromatic carbocycles. The molecule has 0 aliphatic carbocycles. The molecule has 0 bridgehead atoms. The minimum atomic E-state index is -0.852. The summed E-state index contributed by atoms with van der Waals surface area (Å²) in [5.41, 5.74) is 1.23. The van der Waals surface area contributed by atoms with E-state index < -0.39 is 17.8 Å². The second kappa shape index (κ2) is 12.9. The van der Waals surface area contributed by atoms with Gasteiger partial charge in [0.2, 0.25) is 5.91 Å². The van der Waals surface area contributed by atoms with Crippen molar-refractivity contribution >= 4 is 22.6 Å². The molecule has 6 heteroatoms. The van der Waals surface area contributed by atoms with E-state index in [2.05, 4.69) is 5.32 Å². The van der Waals surface area contributed by atoms with Crippen LogP contribution in [-0.2, 0) is 22.6 Å². The van der Waals surface area contributed by atoms with Gasteiger partial charge in [0.15, 0.2) is 6.61 Å². The smallest absolute Gasteiger partial charge is 0.261 e. The van der Waals surface area contributed by atoms with Crippen LogP contribution in [0.25, 0.3) is 10.8 Å². The standard InChI is InChI=1S/C32H33FN2O3/c1-3-23(2)34-32(37)29(20-24-12-5-4-6-13-24)35(21-26-15-8-10-18-28(26)33)31(36)22-38-30-19-11-16-25-14-7-9-17-27(25)30/h4-19,23,29H,3,20-22H2,1-2H3,(H,34,37)/t23-,29-/m1/s1. The summed E-state index contributed by atoms with van der Waals surface area (Å²) in [5, 5.41) is 4.90. The molecular weight excluding hydrogens is 479 g/mol. The quantitative estimate of drug-likeness (QED) is 0.272. The van der Waals surface area contributed by atoms with E-state index in [0.29, 0.717) is 11.3 Å². The number of rotatable bonds is 11. The highest BCUT2D eigenvalue weighted by molar-refractivity contribution is 5.90. The van der Waals surface area contributed by atoms with Gasteiger partial charge in [-0.05, 0) is 36.4 Å². The molecule has 2 amide bonds. The summed E-state index contributed by atoms with van der Waals surface area (Å²) in [7, 11) is 0. The van der Waals surface area contributed by atoms with E-state index in [9.17, 15) is 14.0 Å². The molecule has 1 N–H and O–H groups in total. The van der Waals surface area contributed by atoms with E-state index >= 15 is 0 Å². The maximum Gasteiger partial charge on any atom is 0.261 e. The maximum atomic E-state index is 14.7. The van der Waals surface area contributed by atoms with E-state index in [-0.39, 0.29) is 31.5 Å². The minimum Gasteiger partial charge on any atom is -0.483 e. The normalized spacial score (nSPS) is 12.5. The van der Waals surface area contributed by atoms with Crippen molar-refractivity contribution in [1.29, 1.82) is 0 Å². The highest BCUT2D eigenvalue weighted by Gasteiger charge is 2.31. The monoisotopic (exact) mass is 512 g/mol. The molecule has 2 atom stereocenters. The van der Waals surface area contributed by atoms with Gasteiger partial charge < -0.3 is 15.0 Å². The Kier molecular flexibility index (Phi) is 9.09. The van der Waals surface area contributed by atoms with Crippen molar-refractivity contribution in [3.63, 3.8) is 0 Å². The number of hydrogen-bond donors (Lipinski definition) is 1. The highest BCUT2D eigenvalue weighted by Crippen LogP contribution is 2.25. The SMILES string of the molecule is CC[C@@H](C)NC(=O)[C@@H](Cc1ccccc1)N(Cc1ccccc1F)C(=O)COc1cccc2ccccc12. The molecule has 0 aliphatic heterocycles. The Bertz CT molecular complexity index is 1370. The molecule has 196 valence electrons. The molecule has 0 unspecified atom stereocenters. The number of hydrogen-bond acceptors (Lipinski definition) is 3. The van der Waals surface area contributed by atoms with Gasteiger partial charge in [-0.2, -0.15) is 0 Å². The number of carbonyl (C=O) groups excluding carboxylic acids is 2. The summed E-state index contributed by atoms with van der Waals surface area (Å²) in [6.45, 7) is 3.56. The Morgan fingerprint density at radius 1 is 0.895 bits per heavy atom. The van der Waals surface area contributed by atoms with Crippen molar-refractivity contribution < 1.29 is 18.7 Å². The van der Waals surface area contributed by atoms with E-state index in [1.165, 1.54) is 11.0 Å². The van der Waals surface area contributed by atoms with Crippen LogP contribution in [0.4, 0.5) is 4.39 Å². The Hall–Kier alpha value is -4.19. The van der Waals surface area contributed by atoms with Crippen molar-refractivity contribution in [2.24, 2.45) is 0 Å². The summed E-state index contributed by atoms with van der Waals surface area (Å²) in [6, 6.07) is 28.3. The molecule has 4 rings (SSSR count). The number of nitrogens with zero attached hydrogens (tertiary/aromatic N) is 1. The number of halogens is 1. The van der Waals surface area contributed by atoms with Crippen LogP contribution in [-0.4, -0.2) is 35.4 Å². The summed E-state index contributed by atoms with van der Waals surface area (Å²) >= 11 is 0. The maximum absolute atomic E-state index is 14.7. The average Bonchev–Trinajstić information content (AvgIpc) is 2.94. The molecule has 0 saturated carbocycles. The topological polar surface area (TPSA) is 58.6 Å². The fourth-order valence-electron chi connectivity index (χ4n) is 4.35. The lowest BCUT2D eigenvalue weighted by atomic mass is 10.0. The largest absolute Gasteiger partial charge is 0.483 e. The van der Waals surface area contributed by atoms with Crippen LogP contribution in [0.5, 0.6) is 5.75 Å². The van der Waals surface area contributed by atoms with Crippen molar-refractivity contribution in [1.82, 2.24) is 10.2 Å². The first-order valence-corrected chi connectivity index (χ1v) is 12.9. The minimum absolute atomic E-state index is 0.0597. The average molecular weight is 513 g/mol. The second-order valence-corrected chi connectivity index (χ2v) is 9.40. The van der Waals surface area contributed by atoms with E-state index in [1.807, 2.05) is 86.6 Å². The van der Waals surface area contributed by atoms with Crippen molar-refractivity contribution in [2.75, 3.05) is 6.61 Å². The number of benzene rings is 4. The van der Waals surface area contributed by atoms with Crippen LogP contribution in [0.15, 0.2) is 97.1 Å². The summed E-state index contributed by atoms with van der Waals surface area (Å²) in [5.74, 6) is -0.536. The predicted molar refractivity (Wildman–Crippen MR) is 148 cm³/mol. The van der Waals surface area contributed by atoms with Crippen LogP contribution in [0, 0.1) is 5.82 Å². The number of amides is 2. The third-order valence-corrected chi connectivity index (χ3v) is 6.67. The lowest BCUT2D eigenvalue weighted by Gasteiger charge is -2.32. The van der Waals surface area contributed by atoms with Gasteiger partial charge in [-0.3, -0.25) is 9.59 Å². The number of nitrogens with one attached hydrogen (secondary N) is 1. The molecule has 38 heavy (non-hydrogen) atoms. The third-order valence-electron chi connectivity index (χ3n) is 6.67. The first kappa shape index (κ1) is 26.9. The van der Waals surface area contributed by atoms with E-state index in [0.717, 1.165) is 22.8 Å². The van der Waals surface area contributed by atoms with Crippen molar-refractivity contribution in [2.45, 2.75) is 45.3 Å². The molecule has 0 fully saturated rings. The lowest BCUT2D eigenvalue weighted by molar-refractivity contribution is -0.143. The molecule has 0 radical (unpaired) electrons. The number of fused-ring (bicyclic) bond motifs is 1. The second-order valence-electron chi connectivity index (χ2n) is 9.40. The van der Waals surface area contributed by atoms with Crippen LogP contribution in [0.3, 0.4) is 0 Å². The van der Waals surface area contributed by atoms with E-state index in [4.69, 9.17) is 4.74 Å². The zero-order valence-corrected chi connectivity index (χ0v) is 21.8. The van der Waals surface area contributed by atoms with Gasteiger partial charge in [0.25, 0.3) is 5.91 Å². The number of ether oxygens (including phenoxy) is 1. The van der Waals surface area contributed by atoms with Crippen LogP contribution >= 0.6 is 0 Å². The van der Waals surface area contributed by atoms with Gasteiger partial charge in [0.05, 0.1) is 0 Å². The summed E-state index contributed by atoms with van der Waals surface area (Å²) in [4.78, 5) is 28.7. The predicted octanol–water partition coefficient (Wildman–Crippen LogP) is 5.91.